The van der Waals surface area contributed by atoms with Gasteiger partial charge in [0.25, 0.3) is 0 Å². The van der Waals surface area contributed by atoms with Crippen LogP contribution in [0.5, 0.6) is 5.75 Å². The molecule has 0 aliphatic heterocycles. The molecule has 2 rings (SSSR count). The van der Waals surface area contributed by atoms with Crippen LogP contribution in [0.2, 0.25) is 5.02 Å². The van der Waals surface area contributed by atoms with Crippen molar-refractivity contribution in [2.45, 2.75) is 0 Å². The molecule has 0 aromatic heterocycles. The summed E-state index contributed by atoms with van der Waals surface area (Å²) < 4.78 is 8.77. The van der Waals surface area contributed by atoms with Gasteiger partial charge in [-0.1, -0.05) is 17.7 Å². The first-order valence-corrected chi connectivity index (χ1v) is 9.91. The van der Waals surface area contributed by atoms with E-state index in [1.165, 1.54) is 0 Å². The second-order valence-electron chi connectivity index (χ2n) is 3.92. The molecule has 22 heavy (non-hydrogen) atoms. The van der Waals surface area contributed by atoms with Crippen LogP contribution < -0.4 is 10.1 Å². The van der Waals surface area contributed by atoms with Crippen LogP contribution in [0, 0.1) is 0 Å². The number of nitrogens with one attached hydrogen (secondary N) is 1. The third-order valence-electron chi connectivity index (χ3n) is 2.44. The average molecular weight is 642 g/mol. The maximum atomic E-state index is 12.0. The molecule has 0 aliphatic carbocycles. The first-order chi connectivity index (χ1) is 10.3. The van der Waals surface area contributed by atoms with Crippen molar-refractivity contribution in [3.8, 4) is 5.75 Å². The number of hydrogen-bond donors (Lipinski definition) is 1. The molecule has 1 amide bonds. The van der Waals surface area contributed by atoms with Crippen molar-refractivity contribution in [1.29, 1.82) is 0 Å². The molecule has 0 unspecified atom stereocenters. The summed E-state index contributed by atoms with van der Waals surface area (Å²) in [5.74, 6) is 0.335. The van der Waals surface area contributed by atoms with Gasteiger partial charge in [0, 0.05) is 15.2 Å². The molecule has 1 N–H and O–H groups in total. The van der Waals surface area contributed by atoms with Crippen molar-refractivity contribution in [2.24, 2.45) is 0 Å². The largest absolute Gasteiger partial charge is 0.417 e. The molecule has 0 fully saturated rings. The minimum Gasteiger partial charge on any atom is -0.408 e. The van der Waals surface area contributed by atoms with Crippen LogP contribution >= 0.6 is 91.3 Å². The summed E-state index contributed by atoms with van der Waals surface area (Å²) in [6, 6.07) is 6.79. The molecule has 0 saturated carbocycles. The molecule has 0 atom stereocenters. The Kier molecular flexibility index (Phi) is 6.80. The smallest absolute Gasteiger partial charge is 0.408 e. The highest BCUT2D eigenvalue weighted by molar-refractivity contribution is 9.15. The van der Waals surface area contributed by atoms with Crippen molar-refractivity contribution in [3.63, 3.8) is 0 Å². The lowest BCUT2D eigenvalue weighted by Crippen LogP contribution is -2.17. The summed E-state index contributed by atoms with van der Waals surface area (Å²) in [6.45, 7) is 0. The predicted octanol–water partition coefficient (Wildman–Crippen LogP) is 7.76. The van der Waals surface area contributed by atoms with E-state index in [-0.39, 0.29) is 0 Å². The molecule has 0 heterocycles. The first kappa shape index (κ1) is 18.7. The lowest BCUT2D eigenvalue weighted by atomic mass is 10.3. The Bertz CT molecular complexity index is 724. The van der Waals surface area contributed by atoms with Gasteiger partial charge in [0.05, 0.1) is 17.9 Å². The second-order valence-corrected chi connectivity index (χ2v) is 8.33. The lowest BCUT2D eigenvalue weighted by Gasteiger charge is -2.14. The third kappa shape index (κ3) is 4.27. The summed E-state index contributed by atoms with van der Waals surface area (Å²) in [6.07, 6.45) is -0.634. The molecule has 0 saturated heterocycles. The molecule has 3 nitrogen and oxygen atoms in total. The average Bonchev–Trinajstić information content (AvgIpc) is 2.47. The zero-order valence-corrected chi connectivity index (χ0v) is 19.1. The lowest BCUT2D eigenvalue weighted by molar-refractivity contribution is 0.214. The van der Waals surface area contributed by atoms with E-state index in [0.717, 1.165) is 4.47 Å². The van der Waals surface area contributed by atoms with E-state index in [0.29, 0.717) is 34.4 Å². The number of hydrogen-bond acceptors (Lipinski definition) is 2. The SMILES string of the molecule is O=C(Nc1cccc(Cl)c1)Oc1c(Br)c(Br)c(Br)c(Br)c1Br. The highest BCUT2D eigenvalue weighted by Crippen LogP contribution is 2.48. The minimum absolute atomic E-state index is 0.335. The number of amides is 1. The Hall–Kier alpha value is 0.400. The summed E-state index contributed by atoms with van der Waals surface area (Å²) in [4.78, 5) is 12.0. The molecular weight excluding hydrogens is 637 g/mol. The molecule has 0 radical (unpaired) electrons. The highest BCUT2D eigenvalue weighted by Gasteiger charge is 2.21. The number of carbonyl (C=O) groups is 1. The monoisotopic (exact) mass is 637 g/mol. The maximum Gasteiger partial charge on any atom is 0.417 e. The topological polar surface area (TPSA) is 38.3 Å². The van der Waals surface area contributed by atoms with E-state index in [1.54, 1.807) is 24.3 Å². The van der Waals surface area contributed by atoms with E-state index < -0.39 is 6.09 Å². The Balaban J connectivity index is 2.26. The second kappa shape index (κ2) is 7.98. The normalized spacial score (nSPS) is 10.5. The van der Waals surface area contributed by atoms with Gasteiger partial charge in [-0.3, -0.25) is 5.32 Å². The maximum absolute atomic E-state index is 12.0. The van der Waals surface area contributed by atoms with Gasteiger partial charge < -0.3 is 4.74 Å². The number of ether oxygens (including phenoxy) is 1. The fraction of sp³-hybridized carbons (Fsp3) is 0. The van der Waals surface area contributed by atoms with E-state index >= 15 is 0 Å². The Morgan fingerprint density at radius 3 is 2.05 bits per heavy atom. The summed E-state index contributed by atoms with van der Waals surface area (Å²) in [5.41, 5.74) is 0.542. The van der Waals surface area contributed by atoms with Crippen molar-refractivity contribution in [2.75, 3.05) is 5.32 Å². The fourth-order valence-electron chi connectivity index (χ4n) is 1.48. The molecule has 2 aromatic carbocycles. The number of carbonyl (C=O) groups excluding carboxylic acids is 1. The van der Waals surface area contributed by atoms with Gasteiger partial charge in [0.2, 0.25) is 0 Å². The molecular formula is C13H5Br5ClNO2. The molecule has 2 aromatic rings. The number of benzene rings is 2. The van der Waals surface area contributed by atoms with Gasteiger partial charge in [0.1, 0.15) is 0 Å². The molecule has 116 valence electrons. The van der Waals surface area contributed by atoms with Crippen LogP contribution in [0.1, 0.15) is 0 Å². The van der Waals surface area contributed by atoms with Gasteiger partial charge in [-0.05, 0) is 97.8 Å². The van der Waals surface area contributed by atoms with Gasteiger partial charge >= 0.3 is 6.09 Å². The van der Waals surface area contributed by atoms with Gasteiger partial charge in [-0.2, -0.15) is 0 Å². The van der Waals surface area contributed by atoms with Crippen LogP contribution in [0.3, 0.4) is 0 Å². The van der Waals surface area contributed by atoms with E-state index in [2.05, 4.69) is 85.0 Å². The fourth-order valence-corrected chi connectivity index (χ4v) is 4.84. The van der Waals surface area contributed by atoms with Crippen molar-refractivity contribution in [1.82, 2.24) is 0 Å². The number of rotatable bonds is 2. The minimum atomic E-state index is -0.634. The zero-order valence-electron chi connectivity index (χ0n) is 10.4. The summed E-state index contributed by atoms with van der Waals surface area (Å²) >= 11 is 22.9. The number of halogens is 6. The predicted molar refractivity (Wildman–Crippen MR) is 106 cm³/mol. The molecule has 0 spiro atoms. The number of anilines is 1. The van der Waals surface area contributed by atoms with E-state index in [1.807, 2.05) is 0 Å². The van der Waals surface area contributed by atoms with Gasteiger partial charge in [-0.25, -0.2) is 4.79 Å². The van der Waals surface area contributed by atoms with E-state index in [9.17, 15) is 4.79 Å². The van der Waals surface area contributed by atoms with Crippen molar-refractivity contribution < 1.29 is 9.53 Å². The highest BCUT2D eigenvalue weighted by atomic mass is 79.9. The first-order valence-electron chi connectivity index (χ1n) is 5.57. The van der Waals surface area contributed by atoms with E-state index in [4.69, 9.17) is 16.3 Å². The summed E-state index contributed by atoms with van der Waals surface area (Å²) in [5, 5.41) is 3.13. The third-order valence-corrected chi connectivity index (χ3v) is 8.69. The Labute approximate surface area is 173 Å². The Morgan fingerprint density at radius 2 is 1.50 bits per heavy atom. The molecule has 9 heteroatoms. The van der Waals surface area contributed by atoms with Crippen LogP contribution in [0.15, 0.2) is 46.6 Å². The van der Waals surface area contributed by atoms with Gasteiger partial charge in [-0.15, -0.1) is 0 Å². The van der Waals surface area contributed by atoms with Crippen LogP contribution in [0.25, 0.3) is 0 Å². The van der Waals surface area contributed by atoms with Gasteiger partial charge in [0.15, 0.2) is 5.75 Å². The van der Waals surface area contributed by atoms with Crippen LogP contribution in [-0.4, -0.2) is 6.09 Å². The molecule has 0 aliphatic rings. The zero-order chi connectivity index (χ0) is 16.4. The Morgan fingerprint density at radius 1 is 0.955 bits per heavy atom. The molecule has 0 bridgehead atoms. The van der Waals surface area contributed by atoms with Crippen LogP contribution in [0.4, 0.5) is 10.5 Å². The standard InChI is InChI=1S/C13H5Br5ClNO2/c14-7-8(15)10(17)12(11(18)9(7)16)22-13(21)20-6-3-1-2-5(19)4-6/h1-4H,(H,20,21). The summed E-state index contributed by atoms with van der Waals surface area (Å²) in [7, 11) is 0. The van der Waals surface area contributed by atoms with Crippen LogP contribution in [-0.2, 0) is 0 Å². The van der Waals surface area contributed by atoms with Crippen molar-refractivity contribution >= 4 is 103 Å². The quantitative estimate of drug-likeness (QED) is 0.269. The van der Waals surface area contributed by atoms with Crippen molar-refractivity contribution in [3.05, 3.63) is 51.7 Å².